The van der Waals surface area contributed by atoms with Gasteiger partial charge in [-0.2, -0.15) is 0 Å². The standard InChI is InChI=1S/C8H10ClNO/c9-8-5-6-7(11-8)3-1-2-4-10-6/h5,10H,1-4H2. The molecule has 1 aliphatic heterocycles. The van der Waals surface area contributed by atoms with Gasteiger partial charge in [0.15, 0.2) is 5.22 Å². The van der Waals surface area contributed by atoms with Gasteiger partial charge < -0.3 is 9.73 Å². The van der Waals surface area contributed by atoms with Gasteiger partial charge >= 0.3 is 0 Å². The molecule has 0 unspecified atom stereocenters. The summed E-state index contributed by atoms with van der Waals surface area (Å²) in [7, 11) is 0. The van der Waals surface area contributed by atoms with Crippen molar-refractivity contribution in [3.05, 3.63) is 17.0 Å². The van der Waals surface area contributed by atoms with E-state index in [2.05, 4.69) is 5.32 Å². The van der Waals surface area contributed by atoms with Crippen molar-refractivity contribution in [3.63, 3.8) is 0 Å². The van der Waals surface area contributed by atoms with E-state index in [1.165, 1.54) is 12.8 Å². The van der Waals surface area contributed by atoms with Crippen LogP contribution in [0.1, 0.15) is 18.6 Å². The monoisotopic (exact) mass is 171 g/mol. The molecule has 2 rings (SSSR count). The Morgan fingerprint density at radius 2 is 2.36 bits per heavy atom. The average Bonchev–Trinajstić information content (AvgIpc) is 2.17. The molecule has 0 bridgehead atoms. The molecule has 2 nitrogen and oxygen atoms in total. The highest BCUT2D eigenvalue weighted by Gasteiger charge is 2.11. The predicted molar refractivity (Wildman–Crippen MR) is 45.1 cm³/mol. The van der Waals surface area contributed by atoms with Gasteiger partial charge in [0, 0.05) is 19.0 Å². The third-order valence-corrected chi connectivity index (χ3v) is 2.11. The zero-order chi connectivity index (χ0) is 7.68. The summed E-state index contributed by atoms with van der Waals surface area (Å²) in [5.74, 6) is 1.01. The van der Waals surface area contributed by atoms with E-state index in [1.807, 2.05) is 6.07 Å². The maximum atomic E-state index is 5.70. The second-order valence-electron chi connectivity index (χ2n) is 2.77. The molecule has 1 aliphatic rings. The molecular weight excluding hydrogens is 162 g/mol. The Bertz CT molecular complexity index is 233. The van der Waals surface area contributed by atoms with Gasteiger partial charge in [-0.25, -0.2) is 0 Å². The van der Waals surface area contributed by atoms with Crippen molar-refractivity contribution in [1.29, 1.82) is 0 Å². The minimum absolute atomic E-state index is 0.490. The largest absolute Gasteiger partial charge is 0.447 e. The van der Waals surface area contributed by atoms with E-state index in [-0.39, 0.29) is 0 Å². The van der Waals surface area contributed by atoms with Crippen molar-refractivity contribution in [2.24, 2.45) is 0 Å². The van der Waals surface area contributed by atoms with E-state index in [0.717, 1.165) is 24.4 Å². The highest BCUT2D eigenvalue weighted by atomic mass is 35.5. The highest BCUT2D eigenvalue weighted by Crippen LogP contribution is 2.27. The third kappa shape index (κ3) is 1.36. The van der Waals surface area contributed by atoms with Gasteiger partial charge in [-0.05, 0) is 24.4 Å². The van der Waals surface area contributed by atoms with E-state index in [1.54, 1.807) is 0 Å². The molecule has 0 atom stereocenters. The van der Waals surface area contributed by atoms with Crippen LogP contribution in [0, 0.1) is 0 Å². The lowest BCUT2D eigenvalue weighted by Gasteiger charge is -1.96. The van der Waals surface area contributed by atoms with Crippen LogP contribution in [-0.4, -0.2) is 6.54 Å². The molecule has 60 valence electrons. The molecule has 2 heterocycles. The number of nitrogens with one attached hydrogen (secondary N) is 1. The summed E-state index contributed by atoms with van der Waals surface area (Å²) >= 11 is 5.70. The van der Waals surface area contributed by atoms with Gasteiger partial charge in [-0.3, -0.25) is 0 Å². The van der Waals surface area contributed by atoms with Crippen LogP contribution in [0.4, 0.5) is 5.69 Å². The lowest BCUT2D eigenvalue weighted by molar-refractivity contribution is 0.507. The third-order valence-electron chi connectivity index (χ3n) is 1.92. The maximum Gasteiger partial charge on any atom is 0.195 e. The Kier molecular flexibility index (Phi) is 1.78. The van der Waals surface area contributed by atoms with Crippen LogP contribution in [0.5, 0.6) is 0 Å². The normalized spacial score (nSPS) is 16.8. The van der Waals surface area contributed by atoms with Gasteiger partial charge in [-0.15, -0.1) is 0 Å². The number of anilines is 1. The van der Waals surface area contributed by atoms with E-state index >= 15 is 0 Å². The molecule has 0 saturated heterocycles. The fourth-order valence-corrected chi connectivity index (χ4v) is 1.57. The van der Waals surface area contributed by atoms with E-state index < -0.39 is 0 Å². The summed E-state index contributed by atoms with van der Waals surface area (Å²) in [5, 5.41) is 3.76. The van der Waals surface area contributed by atoms with Crippen molar-refractivity contribution < 1.29 is 4.42 Å². The molecule has 0 aliphatic carbocycles. The van der Waals surface area contributed by atoms with Crippen molar-refractivity contribution >= 4 is 17.3 Å². The number of hydrogen-bond acceptors (Lipinski definition) is 2. The Hall–Kier alpha value is -0.630. The Balaban J connectivity index is 2.32. The Labute approximate surface area is 70.5 Å². The van der Waals surface area contributed by atoms with Crippen LogP contribution in [0.2, 0.25) is 5.22 Å². The first-order valence-electron chi connectivity index (χ1n) is 3.88. The van der Waals surface area contributed by atoms with Gasteiger partial charge in [-0.1, -0.05) is 0 Å². The first-order chi connectivity index (χ1) is 5.36. The molecule has 3 heteroatoms. The molecule has 1 N–H and O–H groups in total. The van der Waals surface area contributed by atoms with Crippen molar-refractivity contribution in [2.75, 3.05) is 11.9 Å². The number of halogens is 1. The fraction of sp³-hybridized carbons (Fsp3) is 0.500. The SMILES string of the molecule is Clc1cc2c(o1)CCCCN2. The summed E-state index contributed by atoms with van der Waals surface area (Å²) in [6.45, 7) is 1.03. The zero-order valence-electron chi connectivity index (χ0n) is 6.19. The molecule has 11 heavy (non-hydrogen) atoms. The predicted octanol–water partition coefficient (Wildman–Crippen LogP) is 2.68. The molecular formula is C8H10ClNO. The van der Waals surface area contributed by atoms with Crippen LogP contribution in [0.15, 0.2) is 10.5 Å². The molecule has 1 aromatic heterocycles. The molecule has 0 radical (unpaired) electrons. The topological polar surface area (TPSA) is 25.2 Å². The first kappa shape index (κ1) is 7.04. The summed E-state index contributed by atoms with van der Waals surface area (Å²) in [6.07, 6.45) is 3.40. The van der Waals surface area contributed by atoms with E-state index in [9.17, 15) is 0 Å². The summed E-state index contributed by atoms with van der Waals surface area (Å²) in [4.78, 5) is 0. The molecule has 0 fully saturated rings. The Morgan fingerprint density at radius 1 is 1.45 bits per heavy atom. The van der Waals surface area contributed by atoms with Gasteiger partial charge in [0.2, 0.25) is 0 Å². The number of hydrogen-bond donors (Lipinski definition) is 1. The Morgan fingerprint density at radius 3 is 3.27 bits per heavy atom. The van der Waals surface area contributed by atoms with Crippen LogP contribution < -0.4 is 5.32 Å². The quantitative estimate of drug-likeness (QED) is 0.649. The number of rotatable bonds is 0. The van der Waals surface area contributed by atoms with Gasteiger partial charge in [0.25, 0.3) is 0 Å². The zero-order valence-corrected chi connectivity index (χ0v) is 6.95. The van der Waals surface area contributed by atoms with Gasteiger partial charge in [0.1, 0.15) is 5.76 Å². The fourth-order valence-electron chi connectivity index (χ4n) is 1.37. The number of aryl methyl sites for hydroxylation is 1. The number of furan rings is 1. The number of fused-ring (bicyclic) bond motifs is 1. The van der Waals surface area contributed by atoms with E-state index in [4.69, 9.17) is 16.0 Å². The van der Waals surface area contributed by atoms with Crippen LogP contribution in [0.3, 0.4) is 0 Å². The lowest BCUT2D eigenvalue weighted by atomic mass is 10.2. The molecule has 0 saturated carbocycles. The minimum atomic E-state index is 0.490. The van der Waals surface area contributed by atoms with Gasteiger partial charge in [0.05, 0.1) is 5.69 Å². The molecule has 0 spiro atoms. The van der Waals surface area contributed by atoms with Crippen molar-refractivity contribution in [3.8, 4) is 0 Å². The highest BCUT2D eigenvalue weighted by molar-refractivity contribution is 6.29. The molecule has 0 aromatic carbocycles. The average molecular weight is 172 g/mol. The molecule has 1 aromatic rings. The van der Waals surface area contributed by atoms with Crippen molar-refractivity contribution in [2.45, 2.75) is 19.3 Å². The summed E-state index contributed by atoms with van der Waals surface area (Å²) < 4.78 is 5.29. The maximum absolute atomic E-state index is 5.70. The second kappa shape index (κ2) is 2.78. The van der Waals surface area contributed by atoms with Crippen LogP contribution in [-0.2, 0) is 6.42 Å². The van der Waals surface area contributed by atoms with Crippen molar-refractivity contribution in [1.82, 2.24) is 0 Å². The summed E-state index contributed by atoms with van der Waals surface area (Å²) in [6, 6.07) is 1.85. The summed E-state index contributed by atoms with van der Waals surface area (Å²) in [5.41, 5.74) is 1.08. The smallest absolute Gasteiger partial charge is 0.195 e. The van der Waals surface area contributed by atoms with E-state index in [0.29, 0.717) is 5.22 Å². The second-order valence-corrected chi connectivity index (χ2v) is 3.14. The van der Waals surface area contributed by atoms with Crippen LogP contribution >= 0.6 is 11.6 Å². The minimum Gasteiger partial charge on any atom is -0.447 e. The van der Waals surface area contributed by atoms with Crippen LogP contribution in [0.25, 0.3) is 0 Å². The molecule has 0 amide bonds. The lowest BCUT2D eigenvalue weighted by Crippen LogP contribution is -1.97. The first-order valence-corrected chi connectivity index (χ1v) is 4.26.